The van der Waals surface area contributed by atoms with Crippen LogP contribution >= 0.6 is 0 Å². The maximum Gasteiger partial charge on any atom is 0.135 e. The van der Waals surface area contributed by atoms with Crippen LogP contribution in [0.2, 0.25) is 0 Å². The summed E-state index contributed by atoms with van der Waals surface area (Å²) in [6.07, 6.45) is 6.82. The van der Waals surface area contributed by atoms with Crippen molar-refractivity contribution in [1.82, 2.24) is 9.97 Å². The first kappa shape index (κ1) is 13.9. The SMILES string of the molecule is Cc1cccc(Nc2cc(N3CCCCCC3)ncn2)c1. The number of anilines is 3. The first-order valence-corrected chi connectivity index (χ1v) is 7.72. The topological polar surface area (TPSA) is 41.0 Å². The Morgan fingerprint density at radius 3 is 2.57 bits per heavy atom. The Bertz CT molecular complexity index is 589. The van der Waals surface area contributed by atoms with Gasteiger partial charge in [-0.05, 0) is 37.5 Å². The number of rotatable bonds is 3. The van der Waals surface area contributed by atoms with Crippen LogP contribution < -0.4 is 10.2 Å². The van der Waals surface area contributed by atoms with E-state index < -0.39 is 0 Å². The molecule has 1 aromatic carbocycles. The molecule has 0 atom stereocenters. The Labute approximate surface area is 126 Å². The van der Waals surface area contributed by atoms with Gasteiger partial charge in [0, 0.05) is 24.8 Å². The van der Waals surface area contributed by atoms with Gasteiger partial charge in [0.25, 0.3) is 0 Å². The molecule has 1 saturated heterocycles. The monoisotopic (exact) mass is 282 g/mol. The molecule has 0 bridgehead atoms. The van der Waals surface area contributed by atoms with E-state index in [9.17, 15) is 0 Å². The number of benzene rings is 1. The molecule has 1 N–H and O–H groups in total. The predicted octanol–water partition coefficient (Wildman–Crippen LogP) is 3.91. The molecule has 4 nitrogen and oxygen atoms in total. The van der Waals surface area contributed by atoms with Gasteiger partial charge < -0.3 is 10.2 Å². The highest BCUT2D eigenvalue weighted by Gasteiger charge is 2.11. The van der Waals surface area contributed by atoms with Gasteiger partial charge in [-0.2, -0.15) is 0 Å². The number of aromatic nitrogens is 2. The average Bonchev–Trinajstić information content (AvgIpc) is 2.77. The van der Waals surface area contributed by atoms with E-state index in [4.69, 9.17) is 0 Å². The Morgan fingerprint density at radius 1 is 1.00 bits per heavy atom. The minimum absolute atomic E-state index is 0.856. The van der Waals surface area contributed by atoms with Crippen LogP contribution in [-0.4, -0.2) is 23.1 Å². The highest BCUT2D eigenvalue weighted by molar-refractivity contribution is 5.59. The second-order valence-corrected chi connectivity index (χ2v) is 5.66. The first-order valence-electron chi connectivity index (χ1n) is 7.72. The normalized spacial score (nSPS) is 15.6. The van der Waals surface area contributed by atoms with Crippen molar-refractivity contribution in [2.45, 2.75) is 32.6 Å². The van der Waals surface area contributed by atoms with Crippen LogP contribution in [0.15, 0.2) is 36.7 Å². The molecule has 0 amide bonds. The fourth-order valence-corrected chi connectivity index (χ4v) is 2.76. The largest absolute Gasteiger partial charge is 0.356 e. The lowest BCUT2D eigenvalue weighted by Crippen LogP contribution is -2.25. The van der Waals surface area contributed by atoms with Crippen LogP contribution in [0.3, 0.4) is 0 Å². The van der Waals surface area contributed by atoms with E-state index in [0.717, 1.165) is 30.4 Å². The summed E-state index contributed by atoms with van der Waals surface area (Å²) >= 11 is 0. The number of aryl methyl sites for hydroxylation is 1. The second kappa shape index (κ2) is 6.57. The minimum atomic E-state index is 0.856. The first-order chi connectivity index (χ1) is 10.3. The smallest absolute Gasteiger partial charge is 0.135 e. The molecule has 2 heterocycles. The summed E-state index contributed by atoms with van der Waals surface area (Å²) < 4.78 is 0. The van der Waals surface area contributed by atoms with E-state index in [2.05, 4.69) is 51.4 Å². The Hall–Kier alpha value is -2.10. The molecule has 0 aliphatic carbocycles. The summed E-state index contributed by atoms with van der Waals surface area (Å²) in [5.41, 5.74) is 2.30. The highest BCUT2D eigenvalue weighted by Crippen LogP contribution is 2.21. The summed E-state index contributed by atoms with van der Waals surface area (Å²) in [7, 11) is 0. The van der Waals surface area contributed by atoms with E-state index in [0.29, 0.717) is 0 Å². The fourth-order valence-electron chi connectivity index (χ4n) is 2.76. The second-order valence-electron chi connectivity index (χ2n) is 5.66. The lowest BCUT2D eigenvalue weighted by atomic mass is 10.2. The van der Waals surface area contributed by atoms with Crippen molar-refractivity contribution >= 4 is 17.3 Å². The van der Waals surface area contributed by atoms with Gasteiger partial charge in [-0.3, -0.25) is 0 Å². The van der Waals surface area contributed by atoms with Crippen LogP contribution in [-0.2, 0) is 0 Å². The van der Waals surface area contributed by atoms with Crippen molar-refractivity contribution in [3.8, 4) is 0 Å². The Morgan fingerprint density at radius 2 is 1.81 bits per heavy atom. The van der Waals surface area contributed by atoms with E-state index in [1.165, 1.54) is 31.2 Å². The summed E-state index contributed by atoms with van der Waals surface area (Å²) in [5, 5.41) is 3.36. The van der Waals surface area contributed by atoms with E-state index in [-0.39, 0.29) is 0 Å². The molecular formula is C17H22N4. The molecule has 1 aliphatic rings. The molecule has 21 heavy (non-hydrogen) atoms. The van der Waals surface area contributed by atoms with Crippen molar-refractivity contribution < 1.29 is 0 Å². The van der Waals surface area contributed by atoms with E-state index >= 15 is 0 Å². The molecule has 4 heteroatoms. The lowest BCUT2D eigenvalue weighted by molar-refractivity contribution is 0.726. The Kier molecular flexibility index (Phi) is 4.34. The quantitative estimate of drug-likeness (QED) is 0.926. The average molecular weight is 282 g/mol. The third kappa shape index (κ3) is 3.72. The number of nitrogens with one attached hydrogen (secondary N) is 1. The zero-order valence-electron chi connectivity index (χ0n) is 12.5. The van der Waals surface area contributed by atoms with Gasteiger partial charge >= 0.3 is 0 Å². The van der Waals surface area contributed by atoms with E-state index in [1.54, 1.807) is 6.33 Å². The molecule has 0 spiro atoms. The molecular weight excluding hydrogens is 260 g/mol. The Balaban J connectivity index is 1.76. The predicted molar refractivity (Wildman–Crippen MR) is 87.2 cm³/mol. The lowest BCUT2D eigenvalue weighted by Gasteiger charge is -2.21. The van der Waals surface area contributed by atoms with Gasteiger partial charge in [0.15, 0.2) is 0 Å². The summed E-state index contributed by atoms with van der Waals surface area (Å²) in [6.45, 7) is 4.29. The molecule has 1 fully saturated rings. The van der Waals surface area contributed by atoms with Crippen molar-refractivity contribution in [1.29, 1.82) is 0 Å². The summed E-state index contributed by atoms with van der Waals surface area (Å²) in [6, 6.07) is 10.4. The molecule has 0 unspecified atom stereocenters. The molecule has 2 aromatic rings. The van der Waals surface area contributed by atoms with Gasteiger partial charge in [0.1, 0.15) is 18.0 Å². The van der Waals surface area contributed by atoms with Gasteiger partial charge in [-0.1, -0.05) is 25.0 Å². The van der Waals surface area contributed by atoms with Crippen LogP contribution in [0, 0.1) is 6.92 Å². The maximum absolute atomic E-state index is 4.44. The van der Waals surface area contributed by atoms with Crippen molar-refractivity contribution in [3.63, 3.8) is 0 Å². The van der Waals surface area contributed by atoms with Crippen LogP contribution in [0.25, 0.3) is 0 Å². The van der Waals surface area contributed by atoms with Crippen molar-refractivity contribution in [3.05, 3.63) is 42.2 Å². The summed E-state index contributed by atoms with van der Waals surface area (Å²) in [4.78, 5) is 11.1. The van der Waals surface area contributed by atoms with Gasteiger partial charge in [-0.15, -0.1) is 0 Å². The fraction of sp³-hybridized carbons (Fsp3) is 0.412. The van der Waals surface area contributed by atoms with E-state index in [1.807, 2.05) is 6.07 Å². The highest BCUT2D eigenvalue weighted by atomic mass is 15.2. The van der Waals surface area contributed by atoms with Crippen LogP contribution in [0.5, 0.6) is 0 Å². The number of nitrogens with zero attached hydrogens (tertiary/aromatic N) is 3. The van der Waals surface area contributed by atoms with Crippen molar-refractivity contribution in [2.24, 2.45) is 0 Å². The summed E-state index contributed by atoms with van der Waals surface area (Å²) in [5.74, 6) is 1.89. The van der Waals surface area contributed by atoms with Crippen LogP contribution in [0.1, 0.15) is 31.2 Å². The minimum Gasteiger partial charge on any atom is -0.356 e. The third-order valence-electron chi connectivity index (χ3n) is 3.87. The molecule has 110 valence electrons. The molecule has 3 rings (SSSR count). The maximum atomic E-state index is 4.44. The molecule has 0 saturated carbocycles. The zero-order valence-corrected chi connectivity index (χ0v) is 12.5. The molecule has 1 aromatic heterocycles. The number of hydrogen-bond acceptors (Lipinski definition) is 4. The van der Waals surface area contributed by atoms with Gasteiger partial charge in [-0.25, -0.2) is 9.97 Å². The van der Waals surface area contributed by atoms with Crippen molar-refractivity contribution in [2.75, 3.05) is 23.3 Å². The zero-order chi connectivity index (χ0) is 14.5. The van der Waals surface area contributed by atoms with Gasteiger partial charge in [0.2, 0.25) is 0 Å². The number of hydrogen-bond donors (Lipinski definition) is 1. The standard InChI is InChI=1S/C17H22N4/c1-14-7-6-8-15(11-14)20-16-12-17(19-13-18-16)21-9-4-2-3-5-10-21/h6-8,11-13H,2-5,9-10H2,1H3,(H,18,19,20). The molecule has 1 aliphatic heterocycles. The third-order valence-corrected chi connectivity index (χ3v) is 3.87. The van der Waals surface area contributed by atoms with Gasteiger partial charge in [0.05, 0.1) is 0 Å². The van der Waals surface area contributed by atoms with Crippen LogP contribution in [0.4, 0.5) is 17.3 Å². The molecule has 0 radical (unpaired) electrons.